The van der Waals surface area contributed by atoms with Crippen LogP contribution in [0.5, 0.6) is 0 Å². The molecule has 6 fully saturated rings. The van der Waals surface area contributed by atoms with Gasteiger partial charge in [-0.2, -0.15) is 42.8 Å². The molecule has 8 heterocycles. The molecule has 4 aliphatic heterocycles. The fraction of sp³-hybridized carbons (Fsp3) is 0.750. The maximum absolute atomic E-state index is 13.4. The van der Waals surface area contributed by atoms with Crippen LogP contribution in [0.25, 0.3) is 22.1 Å². The van der Waals surface area contributed by atoms with E-state index in [0.717, 1.165) is 57.8 Å². The number of fused-ring (bicyclic) bond motifs is 4. The Morgan fingerprint density at radius 1 is 0.662 bits per heavy atom. The summed E-state index contributed by atoms with van der Waals surface area (Å²) in [7, 11) is 0. The van der Waals surface area contributed by atoms with E-state index in [-0.39, 0.29) is 60.6 Å². The molecular formula is C48H70Cl2N10O10S. The largest absolute Gasteiger partial charge is 0.443 e. The van der Waals surface area contributed by atoms with E-state index in [1.54, 1.807) is 31.6 Å². The second kappa shape index (κ2) is 20.2. The second-order valence-corrected chi connectivity index (χ2v) is 22.8. The maximum Gasteiger partial charge on any atom is 0.416 e. The Morgan fingerprint density at radius 3 is 1.39 bits per heavy atom. The smallest absolute Gasteiger partial charge is 0.416 e. The normalized spacial score (nSPS) is 28.1. The monoisotopic (exact) mass is 1050 g/mol. The van der Waals surface area contributed by atoms with Crippen LogP contribution < -0.4 is 9.80 Å². The number of aromatic nitrogens is 8. The van der Waals surface area contributed by atoms with Crippen LogP contribution >= 0.6 is 35.8 Å². The number of thiol groups is 1. The molecular weight excluding hydrogens is 980 g/mol. The summed E-state index contributed by atoms with van der Waals surface area (Å²) in [5, 5.41) is 10.4. The van der Waals surface area contributed by atoms with Gasteiger partial charge < -0.3 is 37.9 Å². The van der Waals surface area contributed by atoms with Crippen LogP contribution in [0.3, 0.4) is 0 Å². The first kappa shape index (κ1) is 53.6. The molecule has 0 radical (unpaired) electrons. The molecule has 71 heavy (non-hydrogen) atoms. The third kappa shape index (κ3) is 10.9. The molecule has 2 saturated carbocycles. The number of hydrogen-bond acceptors (Lipinski definition) is 17. The lowest BCUT2D eigenvalue weighted by molar-refractivity contribution is -0.197. The highest BCUT2D eigenvalue weighted by molar-refractivity contribution is 7.80. The number of amides is 2. The van der Waals surface area contributed by atoms with Crippen LogP contribution in [0.1, 0.15) is 154 Å². The zero-order chi connectivity index (χ0) is 50.2. The number of carbonyl (C=O) groups is 2. The number of rotatable bonds is 8. The number of hydrogen-bond donors (Lipinski definition) is 1. The van der Waals surface area contributed by atoms with Gasteiger partial charge in [-0.1, -0.05) is 40.0 Å². The van der Waals surface area contributed by atoms with Gasteiger partial charge in [-0.05, 0) is 125 Å². The highest BCUT2D eigenvalue weighted by atomic mass is 35.5. The van der Waals surface area contributed by atoms with E-state index >= 15 is 0 Å². The van der Waals surface area contributed by atoms with Crippen LogP contribution in [0, 0.1) is 0 Å². The Morgan fingerprint density at radius 2 is 1.03 bits per heavy atom. The van der Waals surface area contributed by atoms with Gasteiger partial charge in [-0.25, -0.2) is 19.0 Å². The van der Waals surface area contributed by atoms with Gasteiger partial charge in [-0.15, -0.1) is 0 Å². The van der Waals surface area contributed by atoms with E-state index in [2.05, 4.69) is 49.7 Å². The molecule has 392 valence electrons. The van der Waals surface area contributed by atoms with Crippen molar-refractivity contribution in [2.24, 2.45) is 0 Å². The molecule has 4 saturated heterocycles. The Labute approximate surface area is 430 Å². The summed E-state index contributed by atoms with van der Waals surface area (Å²) in [6, 6.07) is -0.0817. The molecule has 0 N–H and O–H groups in total. The predicted molar refractivity (Wildman–Crippen MR) is 269 cm³/mol. The minimum Gasteiger partial charge on any atom is -0.443 e. The summed E-state index contributed by atoms with van der Waals surface area (Å²) in [4.78, 5) is 47.9. The van der Waals surface area contributed by atoms with E-state index in [9.17, 15) is 9.59 Å². The zero-order valence-corrected chi connectivity index (χ0v) is 44.2. The quantitative estimate of drug-likeness (QED) is 0.129. The molecule has 0 bridgehead atoms. The third-order valence-electron chi connectivity index (χ3n) is 13.1. The standard InChI is InChI=1S/C24H34ClN5O5.C23H32ClN5O5S.CH4/c1-7-15-16-17(34-24(5,6)33-16)20(32-15)30-19-14(12-26-30)18(27-21(25)28-19)29(13-10-8-9-11-13)22(31)35-23(2,3)4;1-22(2,3)34-21(30)28(12-8-6-7-9-12)17-13-10-25-29(18(13)27-20(24)26-17)19-16-15(14(11-35)31-19)32-23(4,5)33-16;/h12-13,15-17,20H,7-11H2,1-6H3;10,12,14-16,19,35H,6-9,11H2,1-5H3;1H4/t15-,16-,17-,20-;14-,15-,16-,19-;/m11./s1. The van der Waals surface area contributed by atoms with E-state index in [1.165, 1.54) is 0 Å². The molecule has 6 aliphatic rings. The summed E-state index contributed by atoms with van der Waals surface area (Å²) in [5.41, 5.74) is -0.388. The van der Waals surface area contributed by atoms with Gasteiger partial charge in [0.15, 0.2) is 47.0 Å². The van der Waals surface area contributed by atoms with E-state index in [4.69, 9.17) is 61.1 Å². The van der Waals surface area contributed by atoms with Crippen molar-refractivity contribution in [2.75, 3.05) is 15.6 Å². The number of anilines is 2. The first-order valence-corrected chi connectivity index (χ1v) is 25.8. The minimum absolute atomic E-state index is 0. The van der Waals surface area contributed by atoms with Gasteiger partial charge >= 0.3 is 12.2 Å². The summed E-state index contributed by atoms with van der Waals surface area (Å²) < 4.78 is 52.0. The summed E-state index contributed by atoms with van der Waals surface area (Å²) in [6.45, 7) is 20.7. The van der Waals surface area contributed by atoms with E-state index < -0.39 is 53.5 Å². The van der Waals surface area contributed by atoms with Crippen LogP contribution in [0.4, 0.5) is 21.2 Å². The molecule has 20 nitrogen and oxygen atoms in total. The highest BCUT2D eigenvalue weighted by Crippen LogP contribution is 2.47. The number of halogens is 2. The Kier molecular flexibility index (Phi) is 15.3. The predicted octanol–water partition coefficient (Wildman–Crippen LogP) is 10.1. The number of nitrogens with zero attached hydrogens (tertiary/aromatic N) is 10. The molecule has 10 rings (SSSR count). The van der Waals surface area contributed by atoms with E-state index in [0.29, 0.717) is 39.5 Å². The molecule has 4 aromatic rings. The average Bonchev–Trinajstić information content (AvgIpc) is 4.11. The van der Waals surface area contributed by atoms with Gasteiger partial charge in [0.2, 0.25) is 10.6 Å². The molecule has 4 aromatic heterocycles. The van der Waals surface area contributed by atoms with Gasteiger partial charge in [0.1, 0.15) is 35.6 Å². The zero-order valence-electron chi connectivity index (χ0n) is 41.8. The van der Waals surface area contributed by atoms with Crippen LogP contribution in [-0.4, -0.2) is 129 Å². The lowest BCUT2D eigenvalue weighted by atomic mass is 10.1. The summed E-state index contributed by atoms with van der Waals surface area (Å²) >= 11 is 17.3. The SMILES string of the molecule is C.CC(C)(C)OC(=O)N(c1nc(Cl)nc2c1cnn2[C@@H]1O[C@H](CS)[C@H]2OC(C)(C)O[C@H]21)C1CCCC1.CC[C@H]1O[C@@H](n2ncc3c(N(C(=O)OC(C)(C)C)C4CCCC4)nc(Cl)nc32)[C@@H]2OC(C)(C)O[C@@H]21. The Balaban J connectivity index is 0.000000188. The number of ether oxygens (including phenoxy) is 8. The lowest BCUT2D eigenvalue weighted by Crippen LogP contribution is -2.43. The van der Waals surface area contributed by atoms with Crippen molar-refractivity contribution >= 4 is 81.7 Å². The maximum atomic E-state index is 13.4. The molecule has 8 atom stereocenters. The molecule has 0 unspecified atom stereocenters. The lowest BCUT2D eigenvalue weighted by Gasteiger charge is -2.31. The van der Waals surface area contributed by atoms with Crippen molar-refractivity contribution < 1.29 is 47.5 Å². The fourth-order valence-electron chi connectivity index (χ4n) is 10.5. The van der Waals surface area contributed by atoms with Crippen LogP contribution in [0.2, 0.25) is 10.6 Å². The summed E-state index contributed by atoms with van der Waals surface area (Å²) in [5.74, 6) is -0.225. The molecule has 2 amide bonds. The summed E-state index contributed by atoms with van der Waals surface area (Å²) in [6.07, 6.45) is 7.90. The topological polar surface area (TPSA) is 202 Å². The van der Waals surface area contributed by atoms with E-state index in [1.807, 2.05) is 69.2 Å². The second-order valence-electron chi connectivity index (χ2n) is 21.7. The molecule has 0 aromatic carbocycles. The fourth-order valence-corrected chi connectivity index (χ4v) is 11.1. The van der Waals surface area contributed by atoms with Crippen LogP contribution in [0.15, 0.2) is 12.4 Å². The van der Waals surface area contributed by atoms with Crippen molar-refractivity contribution in [3.8, 4) is 0 Å². The van der Waals surface area contributed by atoms with Gasteiger partial charge in [0.25, 0.3) is 0 Å². The van der Waals surface area contributed by atoms with Gasteiger partial charge in [0.05, 0.1) is 35.4 Å². The van der Waals surface area contributed by atoms with Crippen molar-refractivity contribution in [3.05, 3.63) is 23.0 Å². The van der Waals surface area contributed by atoms with Crippen molar-refractivity contribution in [1.29, 1.82) is 0 Å². The van der Waals surface area contributed by atoms with Crippen molar-refractivity contribution in [3.63, 3.8) is 0 Å². The third-order valence-corrected chi connectivity index (χ3v) is 13.8. The first-order valence-electron chi connectivity index (χ1n) is 24.4. The van der Waals surface area contributed by atoms with Crippen molar-refractivity contribution in [2.45, 2.75) is 225 Å². The first-order chi connectivity index (χ1) is 32.9. The van der Waals surface area contributed by atoms with Gasteiger partial charge in [-0.3, -0.25) is 9.80 Å². The van der Waals surface area contributed by atoms with Gasteiger partial charge in [0, 0.05) is 17.8 Å². The highest BCUT2D eigenvalue weighted by Gasteiger charge is 2.57. The van der Waals surface area contributed by atoms with Crippen molar-refractivity contribution in [1.82, 2.24) is 39.5 Å². The Hall–Kier alpha value is -3.67. The number of carbonyl (C=O) groups excluding carboxylic acids is 2. The molecule has 2 aliphatic carbocycles. The molecule has 0 spiro atoms. The molecule has 23 heteroatoms. The average molecular weight is 1050 g/mol. The minimum atomic E-state index is -0.755. The van der Waals surface area contributed by atoms with Crippen LogP contribution in [-0.2, 0) is 37.9 Å². The Bertz CT molecular complexity index is 2400.